The minimum atomic E-state index is -0.554. The molecule has 150 valence electrons. The molecule has 3 heterocycles. The second kappa shape index (κ2) is 8.59. The first-order valence-corrected chi connectivity index (χ1v) is 10.0. The number of carbonyl (C=O) groups excluding carboxylic acids is 1. The van der Waals surface area contributed by atoms with Crippen molar-refractivity contribution in [2.24, 2.45) is 0 Å². The van der Waals surface area contributed by atoms with Crippen LogP contribution < -0.4 is 5.48 Å². The van der Waals surface area contributed by atoms with Crippen molar-refractivity contribution in [3.05, 3.63) is 71.2 Å². The first kappa shape index (κ1) is 19.4. The van der Waals surface area contributed by atoms with Crippen molar-refractivity contribution in [2.75, 3.05) is 6.54 Å². The van der Waals surface area contributed by atoms with Gasteiger partial charge in [0.25, 0.3) is 5.91 Å². The number of carbonyl (C=O) groups is 1. The molecule has 0 saturated carbocycles. The second-order valence-electron chi connectivity index (χ2n) is 7.64. The van der Waals surface area contributed by atoms with Crippen LogP contribution in [-0.4, -0.2) is 38.6 Å². The number of nitrogens with one attached hydrogen (secondary N) is 2. The number of rotatable bonds is 6. The number of fused-ring (bicyclic) bond motifs is 1. The van der Waals surface area contributed by atoms with Crippen molar-refractivity contribution < 1.29 is 10.0 Å². The smallest absolute Gasteiger partial charge is 0.267 e. The lowest BCUT2D eigenvalue weighted by atomic mass is 10.0. The molecule has 6 heteroatoms. The third-order valence-corrected chi connectivity index (χ3v) is 5.72. The molecular weight excluding hydrogens is 364 g/mol. The van der Waals surface area contributed by atoms with Crippen LogP contribution in [0.1, 0.15) is 35.4 Å². The molecule has 0 spiro atoms. The molecule has 0 radical (unpaired) electrons. The number of hydroxylamine groups is 1. The number of nitrogens with zero attached hydrogens (tertiary/aromatic N) is 2. The van der Waals surface area contributed by atoms with Gasteiger partial charge in [0.1, 0.15) is 0 Å². The molecule has 0 unspecified atom stereocenters. The summed E-state index contributed by atoms with van der Waals surface area (Å²) in [6, 6.07) is 13.0. The Morgan fingerprint density at radius 2 is 2.21 bits per heavy atom. The number of benzene rings is 1. The van der Waals surface area contributed by atoms with E-state index in [1.165, 1.54) is 41.1 Å². The van der Waals surface area contributed by atoms with Crippen molar-refractivity contribution >= 4 is 22.9 Å². The van der Waals surface area contributed by atoms with Crippen LogP contribution in [0.5, 0.6) is 0 Å². The van der Waals surface area contributed by atoms with Gasteiger partial charge in [-0.3, -0.25) is 19.9 Å². The Balaban J connectivity index is 1.44. The maximum absolute atomic E-state index is 11.1. The van der Waals surface area contributed by atoms with Gasteiger partial charge in [0.15, 0.2) is 0 Å². The van der Waals surface area contributed by atoms with E-state index in [2.05, 4.69) is 46.1 Å². The van der Waals surface area contributed by atoms with Gasteiger partial charge in [-0.15, -0.1) is 0 Å². The van der Waals surface area contributed by atoms with Crippen molar-refractivity contribution in [3.63, 3.8) is 0 Å². The number of hydrogen-bond donors (Lipinski definition) is 3. The molecule has 2 aromatic heterocycles. The second-order valence-corrected chi connectivity index (χ2v) is 7.64. The van der Waals surface area contributed by atoms with Crippen molar-refractivity contribution in [1.29, 1.82) is 0 Å². The number of H-pyrrole nitrogens is 1. The lowest BCUT2D eigenvalue weighted by Crippen LogP contribution is -2.31. The molecule has 4 rings (SSSR count). The number of amides is 1. The van der Waals surface area contributed by atoms with Gasteiger partial charge in [0.2, 0.25) is 0 Å². The van der Waals surface area contributed by atoms with Gasteiger partial charge in [-0.1, -0.05) is 24.3 Å². The zero-order valence-corrected chi connectivity index (χ0v) is 16.6. The third-order valence-electron chi connectivity index (χ3n) is 5.72. The Morgan fingerprint density at radius 3 is 3.00 bits per heavy atom. The van der Waals surface area contributed by atoms with Crippen LogP contribution in [0, 0.1) is 6.92 Å². The summed E-state index contributed by atoms with van der Waals surface area (Å²) in [6.45, 7) is 4.08. The molecule has 1 amide bonds. The Morgan fingerprint density at radius 1 is 1.34 bits per heavy atom. The molecule has 0 bridgehead atoms. The summed E-state index contributed by atoms with van der Waals surface area (Å²) in [6.07, 6.45) is 8.12. The average Bonchev–Trinajstić information content (AvgIpc) is 3.31. The van der Waals surface area contributed by atoms with Gasteiger partial charge in [-0.2, -0.15) is 0 Å². The number of aryl methyl sites for hydroxylation is 1. The van der Waals surface area contributed by atoms with Crippen LogP contribution in [0.25, 0.3) is 17.0 Å². The number of likely N-dealkylation sites (tertiary alicyclic amines) is 1. The number of hydrogen-bond acceptors (Lipinski definition) is 4. The minimum absolute atomic E-state index is 0.516. The van der Waals surface area contributed by atoms with Gasteiger partial charge < -0.3 is 4.98 Å². The molecule has 1 aliphatic heterocycles. The lowest BCUT2D eigenvalue weighted by molar-refractivity contribution is -0.124. The Hall–Kier alpha value is -2.96. The van der Waals surface area contributed by atoms with Crippen LogP contribution in [-0.2, 0) is 17.8 Å². The Labute approximate surface area is 170 Å². The van der Waals surface area contributed by atoms with Gasteiger partial charge in [-0.25, -0.2) is 5.48 Å². The molecule has 3 aromatic rings. The van der Waals surface area contributed by atoms with Crippen molar-refractivity contribution in [3.8, 4) is 0 Å². The molecule has 1 atom stereocenters. The molecule has 1 aromatic carbocycles. The van der Waals surface area contributed by atoms with Crippen molar-refractivity contribution in [1.82, 2.24) is 20.3 Å². The van der Waals surface area contributed by atoms with Crippen LogP contribution >= 0.6 is 0 Å². The van der Waals surface area contributed by atoms with Crippen LogP contribution in [0.3, 0.4) is 0 Å². The average molecular weight is 390 g/mol. The summed E-state index contributed by atoms with van der Waals surface area (Å²) >= 11 is 0. The zero-order chi connectivity index (χ0) is 20.2. The first-order valence-electron chi connectivity index (χ1n) is 10.0. The zero-order valence-electron chi connectivity index (χ0n) is 16.6. The predicted octanol–water partition coefficient (Wildman–Crippen LogP) is 3.60. The number of pyridine rings is 1. The van der Waals surface area contributed by atoms with Crippen LogP contribution in [0.2, 0.25) is 0 Å². The van der Waals surface area contributed by atoms with E-state index in [1.54, 1.807) is 17.8 Å². The SMILES string of the molecule is Cc1[nH]c2ccccc2c1C[C@H]1CCCN1Cc1ccc(C=CC(=O)NO)cn1. The molecule has 1 saturated heterocycles. The van der Waals surface area contributed by atoms with E-state index >= 15 is 0 Å². The first-order chi connectivity index (χ1) is 14.1. The minimum Gasteiger partial charge on any atom is -0.358 e. The number of aromatic nitrogens is 2. The van der Waals surface area contributed by atoms with Gasteiger partial charge in [-0.05, 0) is 62.1 Å². The van der Waals surface area contributed by atoms with E-state index in [0.717, 1.165) is 30.8 Å². The normalized spacial score (nSPS) is 17.4. The fraction of sp³-hybridized carbons (Fsp3) is 0.304. The maximum atomic E-state index is 11.1. The third kappa shape index (κ3) is 4.39. The summed E-state index contributed by atoms with van der Waals surface area (Å²) in [7, 11) is 0. The van der Waals surface area contributed by atoms with Crippen molar-refractivity contribution in [2.45, 2.75) is 38.8 Å². The van der Waals surface area contributed by atoms with E-state index in [4.69, 9.17) is 5.21 Å². The highest BCUT2D eigenvalue weighted by atomic mass is 16.5. The Bertz CT molecular complexity index is 1020. The van der Waals surface area contributed by atoms with E-state index in [-0.39, 0.29) is 0 Å². The summed E-state index contributed by atoms with van der Waals surface area (Å²) in [5, 5.41) is 9.87. The summed E-state index contributed by atoms with van der Waals surface area (Å²) < 4.78 is 0. The highest BCUT2D eigenvalue weighted by Crippen LogP contribution is 2.28. The standard InChI is InChI=1S/C23H26N4O2/c1-16-21(20-6-2-3-7-22(20)25-16)13-19-5-4-12-27(19)15-18-10-8-17(14-24-18)9-11-23(28)26-29/h2-3,6-11,14,19,25,29H,4-5,12-13,15H2,1H3,(H,26,28)/t19-/m1/s1. The summed E-state index contributed by atoms with van der Waals surface area (Å²) in [5.74, 6) is -0.554. The largest absolute Gasteiger partial charge is 0.358 e. The monoisotopic (exact) mass is 390 g/mol. The quantitative estimate of drug-likeness (QED) is 0.341. The highest BCUT2D eigenvalue weighted by Gasteiger charge is 2.26. The number of aromatic amines is 1. The topological polar surface area (TPSA) is 81.2 Å². The fourth-order valence-corrected chi connectivity index (χ4v) is 4.21. The molecule has 1 fully saturated rings. The summed E-state index contributed by atoms with van der Waals surface area (Å²) in [4.78, 5) is 21.7. The molecular formula is C23H26N4O2. The van der Waals surface area contributed by atoms with E-state index in [9.17, 15) is 4.79 Å². The van der Waals surface area contributed by atoms with E-state index in [0.29, 0.717) is 6.04 Å². The van der Waals surface area contributed by atoms with E-state index in [1.807, 2.05) is 12.1 Å². The highest BCUT2D eigenvalue weighted by molar-refractivity contribution is 5.90. The lowest BCUT2D eigenvalue weighted by Gasteiger charge is -2.24. The number of para-hydroxylation sites is 1. The Kier molecular flexibility index (Phi) is 5.74. The summed E-state index contributed by atoms with van der Waals surface area (Å²) in [5.41, 5.74) is 7.33. The molecule has 1 aliphatic rings. The van der Waals surface area contributed by atoms with E-state index < -0.39 is 5.91 Å². The van der Waals surface area contributed by atoms with Gasteiger partial charge >= 0.3 is 0 Å². The van der Waals surface area contributed by atoms with Gasteiger partial charge in [0.05, 0.1) is 5.69 Å². The van der Waals surface area contributed by atoms with Crippen LogP contribution in [0.15, 0.2) is 48.7 Å². The fourth-order valence-electron chi connectivity index (χ4n) is 4.21. The molecule has 0 aliphatic carbocycles. The van der Waals surface area contributed by atoms with Gasteiger partial charge in [0, 0.05) is 41.5 Å². The van der Waals surface area contributed by atoms with Crippen LogP contribution in [0.4, 0.5) is 0 Å². The molecule has 6 nitrogen and oxygen atoms in total. The maximum Gasteiger partial charge on any atom is 0.267 e. The molecule has 3 N–H and O–H groups in total. The molecule has 29 heavy (non-hydrogen) atoms. The predicted molar refractivity (Wildman–Crippen MR) is 113 cm³/mol.